The summed E-state index contributed by atoms with van der Waals surface area (Å²) >= 11 is 0. The maximum absolute atomic E-state index is 5.77. The molecule has 82 valence electrons. The number of hydrogen-bond donors (Lipinski definition) is 1. The normalized spacial score (nSPS) is 17.5. The second kappa shape index (κ2) is 4.67. The fourth-order valence-corrected chi connectivity index (χ4v) is 1.62. The molecule has 0 spiro atoms. The highest BCUT2D eigenvalue weighted by atomic mass is 16.5. The highest BCUT2D eigenvalue weighted by Crippen LogP contribution is 2.32. The van der Waals surface area contributed by atoms with Crippen LogP contribution < -0.4 is 10.5 Å². The maximum atomic E-state index is 5.77. The molecule has 1 fully saturated rings. The molecule has 2 rings (SSSR count). The Hall–Kier alpha value is -1.02. The first kappa shape index (κ1) is 10.5. The Kier molecular flexibility index (Phi) is 3.27. The number of ether oxygens (including phenoxy) is 1. The first-order valence-electron chi connectivity index (χ1n) is 5.74. The zero-order chi connectivity index (χ0) is 10.7. The van der Waals surface area contributed by atoms with Crippen molar-refractivity contribution in [2.24, 2.45) is 11.7 Å². The van der Waals surface area contributed by atoms with E-state index in [9.17, 15) is 0 Å². The van der Waals surface area contributed by atoms with E-state index >= 15 is 0 Å². The van der Waals surface area contributed by atoms with Gasteiger partial charge in [-0.1, -0.05) is 25.0 Å². The number of benzene rings is 1. The van der Waals surface area contributed by atoms with Crippen LogP contribution in [0, 0.1) is 5.92 Å². The van der Waals surface area contributed by atoms with Crippen LogP contribution >= 0.6 is 0 Å². The largest absolute Gasteiger partial charge is 0.494 e. The predicted molar refractivity (Wildman–Crippen MR) is 61.9 cm³/mol. The van der Waals surface area contributed by atoms with E-state index in [4.69, 9.17) is 10.5 Å². The van der Waals surface area contributed by atoms with Crippen molar-refractivity contribution in [2.75, 3.05) is 6.61 Å². The molecule has 15 heavy (non-hydrogen) atoms. The molecule has 0 radical (unpaired) electrons. The van der Waals surface area contributed by atoms with Crippen molar-refractivity contribution >= 4 is 0 Å². The van der Waals surface area contributed by atoms with Gasteiger partial charge in [-0.05, 0) is 37.0 Å². The zero-order valence-electron chi connectivity index (χ0n) is 9.28. The molecule has 1 saturated carbocycles. The summed E-state index contributed by atoms with van der Waals surface area (Å²) in [4.78, 5) is 0. The van der Waals surface area contributed by atoms with Crippen molar-refractivity contribution in [1.82, 2.24) is 0 Å². The zero-order valence-corrected chi connectivity index (χ0v) is 9.28. The molecule has 0 unspecified atom stereocenters. The van der Waals surface area contributed by atoms with E-state index in [-0.39, 0.29) is 6.04 Å². The second-order valence-corrected chi connectivity index (χ2v) is 4.44. The molecule has 2 N–H and O–H groups in total. The molecule has 1 aromatic carbocycles. The number of nitrogens with two attached hydrogens (primary N) is 1. The van der Waals surface area contributed by atoms with Crippen LogP contribution in [0.2, 0.25) is 0 Å². The summed E-state index contributed by atoms with van der Waals surface area (Å²) in [5.41, 5.74) is 6.93. The number of hydrogen-bond acceptors (Lipinski definition) is 2. The summed E-state index contributed by atoms with van der Waals surface area (Å²) in [6.45, 7) is 2.84. The summed E-state index contributed by atoms with van der Waals surface area (Å²) in [5.74, 6) is 1.90. The van der Waals surface area contributed by atoms with Crippen LogP contribution in [0.25, 0.3) is 0 Å². The first-order chi connectivity index (χ1) is 7.25. The third kappa shape index (κ3) is 3.24. The van der Waals surface area contributed by atoms with Crippen molar-refractivity contribution in [3.8, 4) is 5.75 Å². The van der Waals surface area contributed by atoms with Gasteiger partial charge in [-0.15, -0.1) is 0 Å². The van der Waals surface area contributed by atoms with Crippen molar-refractivity contribution in [3.63, 3.8) is 0 Å². The Morgan fingerprint density at radius 2 is 2.00 bits per heavy atom. The third-order valence-electron chi connectivity index (χ3n) is 2.90. The molecule has 0 amide bonds. The minimum Gasteiger partial charge on any atom is -0.494 e. The monoisotopic (exact) mass is 205 g/mol. The fourth-order valence-electron chi connectivity index (χ4n) is 1.62. The summed E-state index contributed by atoms with van der Waals surface area (Å²) in [5, 5.41) is 0. The van der Waals surface area contributed by atoms with E-state index in [2.05, 4.69) is 0 Å². The van der Waals surface area contributed by atoms with Gasteiger partial charge in [0.25, 0.3) is 0 Å². The van der Waals surface area contributed by atoms with E-state index in [1.165, 1.54) is 19.3 Å². The smallest absolute Gasteiger partial charge is 0.119 e. The van der Waals surface area contributed by atoms with Crippen molar-refractivity contribution in [1.29, 1.82) is 0 Å². The lowest BCUT2D eigenvalue weighted by molar-refractivity contribution is 0.302. The Bertz CT molecular complexity index is 301. The Morgan fingerprint density at radius 1 is 1.33 bits per heavy atom. The Balaban J connectivity index is 1.80. The van der Waals surface area contributed by atoms with Crippen molar-refractivity contribution in [2.45, 2.75) is 32.2 Å². The second-order valence-electron chi connectivity index (χ2n) is 4.44. The van der Waals surface area contributed by atoms with Gasteiger partial charge in [0.15, 0.2) is 0 Å². The molecule has 2 nitrogen and oxygen atoms in total. The summed E-state index contributed by atoms with van der Waals surface area (Å²) in [6.07, 6.45) is 4.00. The van der Waals surface area contributed by atoms with Crippen molar-refractivity contribution in [3.05, 3.63) is 29.8 Å². The van der Waals surface area contributed by atoms with Gasteiger partial charge in [0.05, 0.1) is 6.61 Å². The molecule has 1 aromatic rings. The molecule has 0 heterocycles. The minimum atomic E-state index is 0.102. The average Bonchev–Trinajstić information content (AvgIpc) is 3.02. The number of rotatable bonds is 5. The van der Waals surface area contributed by atoms with Crippen LogP contribution in [-0.4, -0.2) is 6.61 Å². The molecular weight excluding hydrogens is 186 g/mol. The van der Waals surface area contributed by atoms with Crippen LogP contribution in [0.1, 0.15) is 37.8 Å². The van der Waals surface area contributed by atoms with E-state index in [1.807, 2.05) is 31.2 Å². The fraction of sp³-hybridized carbons (Fsp3) is 0.538. The van der Waals surface area contributed by atoms with Crippen LogP contribution in [0.3, 0.4) is 0 Å². The van der Waals surface area contributed by atoms with Gasteiger partial charge in [-0.2, -0.15) is 0 Å². The van der Waals surface area contributed by atoms with Gasteiger partial charge < -0.3 is 10.5 Å². The standard InChI is InChI=1S/C13H19NO/c1-10(14)12-4-6-13(7-5-12)15-9-8-11-2-3-11/h4-7,10-11H,2-3,8-9,14H2,1H3/t10-/m1/s1. The molecule has 2 heteroatoms. The molecule has 1 atom stereocenters. The van der Waals surface area contributed by atoms with E-state index in [1.54, 1.807) is 0 Å². The quantitative estimate of drug-likeness (QED) is 0.802. The maximum Gasteiger partial charge on any atom is 0.119 e. The molecule has 0 aromatic heterocycles. The highest BCUT2D eigenvalue weighted by molar-refractivity contribution is 5.28. The SMILES string of the molecule is C[C@@H](N)c1ccc(OCCC2CC2)cc1. The molecule has 1 aliphatic carbocycles. The van der Waals surface area contributed by atoms with Gasteiger partial charge in [-0.3, -0.25) is 0 Å². The lowest BCUT2D eigenvalue weighted by Crippen LogP contribution is -2.04. The molecule has 0 bridgehead atoms. The van der Waals surface area contributed by atoms with Crippen molar-refractivity contribution < 1.29 is 4.74 Å². The van der Waals surface area contributed by atoms with E-state index in [0.29, 0.717) is 0 Å². The highest BCUT2D eigenvalue weighted by Gasteiger charge is 2.20. The average molecular weight is 205 g/mol. The summed E-state index contributed by atoms with van der Waals surface area (Å²) in [7, 11) is 0. The van der Waals surface area contributed by atoms with Gasteiger partial charge in [0.2, 0.25) is 0 Å². The van der Waals surface area contributed by atoms with E-state index < -0.39 is 0 Å². The molecule has 1 aliphatic rings. The van der Waals surface area contributed by atoms with Crippen LogP contribution in [0.4, 0.5) is 0 Å². The lowest BCUT2D eigenvalue weighted by atomic mass is 10.1. The topological polar surface area (TPSA) is 35.2 Å². The predicted octanol–water partition coefficient (Wildman–Crippen LogP) is 2.89. The van der Waals surface area contributed by atoms with Crippen LogP contribution in [0.15, 0.2) is 24.3 Å². The van der Waals surface area contributed by atoms with Gasteiger partial charge in [-0.25, -0.2) is 0 Å². The molecule has 0 aliphatic heterocycles. The third-order valence-corrected chi connectivity index (χ3v) is 2.90. The van der Waals surface area contributed by atoms with E-state index in [0.717, 1.165) is 23.8 Å². The Labute approximate surface area is 91.4 Å². The Morgan fingerprint density at radius 3 is 2.53 bits per heavy atom. The van der Waals surface area contributed by atoms with Gasteiger partial charge in [0, 0.05) is 6.04 Å². The minimum absolute atomic E-state index is 0.102. The van der Waals surface area contributed by atoms with Crippen LogP contribution in [-0.2, 0) is 0 Å². The summed E-state index contributed by atoms with van der Waals surface area (Å²) < 4.78 is 5.65. The molecular formula is C13H19NO. The van der Waals surface area contributed by atoms with Gasteiger partial charge in [0.1, 0.15) is 5.75 Å². The first-order valence-corrected chi connectivity index (χ1v) is 5.74. The molecule has 0 saturated heterocycles. The lowest BCUT2D eigenvalue weighted by Gasteiger charge is -2.08. The summed E-state index contributed by atoms with van der Waals surface area (Å²) in [6, 6.07) is 8.19. The van der Waals surface area contributed by atoms with Gasteiger partial charge >= 0.3 is 0 Å². The van der Waals surface area contributed by atoms with Crippen LogP contribution in [0.5, 0.6) is 5.75 Å².